The van der Waals surface area contributed by atoms with E-state index >= 15 is 0 Å². The molecule has 0 aliphatic heterocycles. The van der Waals surface area contributed by atoms with Crippen LogP contribution in [0.4, 0.5) is 11.9 Å². The highest BCUT2D eigenvalue weighted by Gasteiger charge is 2.14. The normalized spacial score (nSPS) is 10.9. The molecule has 35 heavy (non-hydrogen) atoms. The molecular weight excluding hydrogens is 444 g/mol. The Hall–Kier alpha value is -3.27. The van der Waals surface area contributed by atoms with Gasteiger partial charge in [-0.25, -0.2) is 0 Å². The highest BCUT2D eigenvalue weighted by atomic mass is 16.5. The Morgan fingerprint density at radius 3 is 2.17 bits per heavy atom. The molecule has 1 heterocycles. The molecule has 4 N–H and O–H groups in total. The molecule has 3 aromatic rings. The molecule has 0 aliphatic rings. The van der Waals surface area contributed by atoms with Crippen molar-refractivity contribution in [2.75, 3.05) is 57.3 Å². The maximum atomic E-state index is 5.60. The predicted octanol–water partition coefficient (Wildman–Crippen LogP) is 3.49. The van der Waals surface area contributed by atoms with Crippen LogP contribution >= 0.6 is 0 Å². The average Bonchev–Trinajstić information content (AvgIpc) is 2.84. The fourth-order valence-corrected chi connectivity index (χ4v) is 3.84. The molecule has 2 aromatic carbocycles. The Labute approximate surface area is 207 Å². The van der Waals surface area contributed by atoms with Crippen molar-refractivity contribution < 1.29 is 14.2 Å². The van der Waals surface area contributed by atoms with E-state index in [1.54, 1.807) is 7.11 Å². The largest absolute Gasteiger partial charge is 0.496 e. The van der Waals surface area contributed by atoms with Gasteiger partial charge in [0.25, 0.3) is 0 Å². The Kier molecular flexibility index (Phi) is 10.2. The van der Waals surface area contributed by atoms with E-state index in [9.17, 15) is 0 Å². The van der Waals surface area contributed by atoms with E-state index in [1.165, 1.54) is 5.56 Å². The minimum absolute atomic E-state index is 0.485. The molecule has 3 rings (SSSR count). The number of anilines is 2. The zero-order valence-electron chi connectivity index (χ0n) is 21.1. The van der Waals surface area contributed by atoms with Gasteiger partial charge in [-0.05, 0) is 38.0 Å². The SMILES string of the molecule is COc1ccccc1CNc1nc(NCCOCCOCCN)nc(-c2c(C)cc(C)cc2C)n1. The first-order chi connectivity index (χ1) is 17.0. The van der Waals surface area contributed by atoms with Gasteiger partial charge in [0.1, 0.15) is 5.75 Å². The number of ether oxygens (including phenoxy) is 3. The highest BCUT2D eigenvalue weighted by Crippen LogP contribution is 2.27. The van der Waals surface area contributed by atoms with Crippen molar-refractivity contribution in [3.05, 3.63) is 58.7 Å². The van der Waals surface area contributed by atoms with Gasteiger partial charge >= 0.3 is 0 Å². The quantitative estimate of drug-likeness (QED) is 0.298. The first-order valence-electron chi connectivity index (χ1n) is 11.8. The predicted molar refractivity (Wildman–Crippen MR) is 139 cm³/mol. The molecule has 0 atom stereocenters. The third-order valence-electron chi connectivity index (χ3n) is 5.33. The third-order valence-corrected chi connectivity index (χ3v) is 5.33. The number of nitrogens with zero attached hydrogens (tertiary/aromatic N) is 3. The fraction of sp³-hybridized carbons (Fsp3) is 0.423. The molecule has 0 amide bonds. The summed E-state index contributed by atoms with van der Waals surface area (Å²) in [5.74, 6) is 2.40. The molecule has 0 saturated heterocycles. The van der Waals surface area contributed by atoms with E-state index in [-0.39, 0.29) is 0 Å². The number of nitrogens with two attached hydrogens (primary N) is 1. The molecule has 9 heteroatoms. The van der Waals surface area contributed by atoms with Gasteiger partial charge in [-0.1, -0.05) is 35.9 Å². The maximum absolute atomic E-state index is 5.60. The van der Waals surface area contributed by atoms with Crippen LogP contribution in [0.25, 0.3) is 11.4 Å². The van der Waals surface area contributed by atoms with E-state index < -0.39 is 0 Å². The molecule has 0 spiro atoms. The molecule has 0 radical (unpaired) electrons. The van der Waals surface area contributed by atoms with Crippen LogP contribution in [0.15, 0.2) is 36.4 Å². The number of rotatable bonds is 14. The van der Waals surface area contributed by atoms with Crippen molar-refractivity contribution in [2.24, 2.45) is 5.73 Å². The number of nitrogens with one attached hydrogen (secondary N) is 2. The summed E-state index contributed by atoms with van der Waals surface area (Å²) in [6.45, 7) is 9.90. The zero-order valence-corrected chi connectivity index (χ0v) is 21.1. The van der Waals surface area contributed by atoms with Crippen molar-refractivity contribution in [3.8, 4) is 17.1 Å². The van der Waals surface area contributed by atoms with E-state index in [4.69, 9.17) is 29.9 Å². The fourth-order valence-electron chi connectivity index (χ4n) is 3.84. The van der Waals surface area contributed by atoms with Crippen LogP contribution < -0.4 is 21.1 Å². The molecule has 0 unspecified atom stereocenters. The van der Waals surface area contributed by atoms with E-state index in [0.29, 0.717) is 63.8 Å². The van der Waals surface area contributed by atoms with Gasteiger partial charge in [-0.15, -0.1) is 0 Å². The molecule has 1 aromatic heterocycles. The van der Waals surface area contributed by atoms with Crippen LogP contribution in [0.2, 0.25) is 0 Å². The standard InChI is InChI=1S/C26H36N6O3/c1-18-15-19(2)23(20(3)16-18)24-30-25(28-10-12-35-14-13-34-11-9-27)32-26(31-24)29-17-21-7-5-6-8-22(21)33-4/h5-8,15-16H,9-14,17,27H2,1-4H3,(H2,28,29,30,31,32). The molecule has 0 aliphatic carbocycles. The molecular formula is C26H36N6O3. The lowest BCUT2D eigenvalue weighted by molar-refractivity contribution is 0.0547. The number of hydrogen-bond donors (Lipinski definition) is 3. The summed E-state index contributed by atoms with van der Waals surface area (Å²) in [5, 5.41) is 6.58. The number of para-hydroxylation sites is 1. The molecule has 188 valence electrons. The Morgan fingerprint density at radius 2 is 1.49 bits per heavy atom. The highest BCUT2D eigenvalue weighted by molar-refractivity contribution is 5.67. The van der Waals surface area contributed by atoms with Crippen molar-refractivity contribution in [1.29, 1.82) is 0 Å². The number of methoxy groups -OCH3 is 1. The monoisotopic (exact) mass is 480 g/mol. The third kappa shape index (κ3) is 7.88. The van der Waals surface area contributed by atoms with Crippen LogP contribution in [-0.4, -0.2) is 61.6 Å². The summed E-state index contributed by atoms with van der Waals surface area (Å²) >= 11 is 0. The zero-order chi connectivity index (χ0) is 25.0. The van der Waals surface area contributed by atoms with Crippen LogP contribution in [0, 0.1) is 20.8 Å². The summed E-state index contributed by atoms with van der Waals surface area (Å²) in [6, 6.07) is 12.1. The summed E-state index contributed by atoms with van der Waals surface area (Å²) in [5.41, 5.74) is 10.9. The van der Waals surface area contributed by atoms with Gasteiger partial charge in [0.05, 0.1) is 33.5 Å². The van der Waals surface area contributed by atoms with E-state index in [1.807, 2.05) is 24.3 Å². The second-order valence-corrected chi connectivity index (χ2v) is 8.19. The van der Waals surface area contributed by atoms with Crippen molar-refractivity contribution in [3.63, 3.8) is 0 Å². The lowest BCUT2D eigenvalue weighted by atomic mass is 9.99. The Bertz CT molecular complexity index is 1070. The lowest BCUT2D eigenvalue weighted by Crippen LogP contribution is -2.16. The molecule has 9 nitrogen and oxygen atoms in total. The van der Waals surface area contributed by atoms with Gasteiger partial charge in [-0.2, -0.15) is 15.0 Å². The number of aryl methyl sites for hydroxylation is 3. The first-order valence-corrected chi connectivity index (χ1v) is 11.8. The van der Waals surface area contributed by atoms with Crippen LogP contribution in [0.1, 0.15) is 22.3 Å². The van der Waals surface area contributed by atoms with Gasteiger partial charge < -0.3 is 30.6 Å². The number of aromatic nitrogens is 3. The smallest absolute Gasteiger partial charge is 0.228 e. The van der Waals surface area contributed by atoms with E-state index in [2.05, 4.69) is 48.5 Å². The van der Waals surface area contributed by atoms with E-state index in [0.717, 1.165) is 28.0 Å². The minimum Gasteiger partial charge on any atom is -0.496 e. The van der Waals surface area contributed by atoms with Crippen molar-refractivity contribution in [2.45, 2.75) is 27.3 Å². The summed E-state index contributed by atoms with van der Waals surface area (Å²) in [7, 11) is 1.66. The second-order valence-electron chi connectivity index (χ2n) is 8.19. The first kappa shape index (κ1) is 26.3. The van der Waals surface area contributed by atoms with Crippen LogP contribution in [0.5, 0.6) is 5.75 Å². The molecule has 0 bridgehead atoms. The second kappa shape index (κ2) is 13.6. The van der Waals surface area contributed by atoms with Gasteiger partial charge in [-0.3, -0.25) is 0 Å². The van der Waals surface area contributed by atoms with Crippen LogP contribution in [-0.2, 0) is 16.0 Å². The maximum Gasteiger partial charge on any atom is 0.228 e. The van der Waals surface area contributed by atoms with Gasteiger partial charge in [0, 0.05) is 30.8 Å². The van der Waals surface area contributed by atoms with Gasteiger partial charge in [0.2, 0.25) is 11.9 Å². The average molecular weight is 481 g/mol. The Balaban J connectivity index is 1.76. The summed E-state index contributed by atoms with van der Waals surface area (Å²) < 4.78 is 16.4. The van der Waals surface area contributed by atoms with Crippen LogP contribution in [0.3, 0.4) is 0 Å². The minimum atomic E-state index is 0.485. The number of benzene rings is 2. The van der Waals surface area contributed by atoms with Crippen molar-refractivity contribution in [1.82, 2.24) is 15.0 Å². The van der Waals surface area contributed by atoms with Gasteiger partial charge in [0.15, 0.2) is 5.82 Å². The summed E-state index contributed by atoms with van der Waals surface area (Å²) in [6.07, 6.45) is 0. The topological polar surface area (TPSA) is 116 Å². The molecule has 0 fully saturated rings. The summed E-state index contributed by atoms with van der Waals surface area (Å²) in [4.78, 5) is 14.0. The van der Waals surface area contributed by atoms with Crippen molar-refractivity contribution >= 4 is 11.9 Å². The lowest BCUT2D eigenvalue weighted by Gasteiger charge is -2.14. The molecule has 0 saturated carbocycles. The number of hydrogen-bond acceptors (Lipinski definition) is 9. The Morgan fingerprint density at radius 1 is 0.829 bits per heavy atom.